The SMILES string of the molecule is CN[C@@H]1CN(B(C)O)C[C@H]1F. The van der Waals surface area contributed by atoms with Crippen LogP contribution in [0.2, 0.25) is 6.82 Å². The predicted octanol–water partition coefficient (Wildman–Crippen LogP) is -0.662. The van der Waals surface area contributed by atoms with Crippen molar-refractivity contribution in [1.82, 2.24) is 10.1 Å². The maximum absolute atomic E-state index is 13.0. The van der Waals surface area contributed by atoms with Gasteiger partial charge in [-0.15, -0.1) is 0 Å². The van der Waals surface area contributed by atoms with E-state index in [1.165, 1.54) is 0 Å². The molecule has 1 rings (SSSR count). The largest absolute Gasteiger partial charge is 0.437 e. The Morgan fingerprint density at radius 3 is 2.55 bits per heavy atom. The summed E-state index contributed by atoms with van der Waals surface area (Å²) in [7, 11) is 1.20. The van der Waals surface area contributed by atoms with Gasteiger partial charge in [-0.2, -0.15) is 0 Å². The number of nitrogens with zero attached hydrogens (tertiary/aromatic N) is 1. The van der Waals surface area contributed by atoms with E-state index in [9.17, 15) is 4.39 Å². The lowest BCUT2D eigenvalue weighted by Gasteiger charge is -2.14. The van der Waals surface area contributed by atoms with Crippen molar-refractivity contribution in [3.8, 4) is 0 Å². The Bertz CT molecular complexity index is 136. The molecule has 0 saturated carbocycles. The molecule has 1 aliphatic heterocycles. The van der Waals surface area contributed by atoms with E-state index < -0.39 is 13.2 Å². The van der Waals surface area contributed by atoms with Crippen LogP contribution < -0.4 is 5.32 Å². The molecule has 64 valence electrons. The summed E-state index contributed by atoms with van der Waals surface area (Å²) in [4.78, 5) is 1.71. The maximum atomic E-state index is 13.0. The average molecular weight is 160 g/mol. The Labute approximate surface area is 66.7 Å². The second-order valence-electron chi connectivity index (χ2n) is 3.00. The highest BCUT2D eigenvalue weighted by Gasteiger charge is 2.34. The fraction of sp³-hybridized carbons (Fsp3) is 1.00. The summed E-state index contributed by atoms with van der Waals surface area (Å²) >= 11 is 0. The first-order valence-corrected chi connectivity index (χ1v) is 3.88. The average Bonchev–Trinajstić information content (AvgIpc) is 2.31. The number of halogens is 1. The maximum Gasteiger partial charge on any atom is 0.376 e. The standard InChI is InChI=1S/C6H14BFN2O/c1-7(11)10-3-5(8)6(4-10)9-2/h5-6,9,11H,3-4H2,1-2H3/t5-,6-/m1/s1. The number of hydrogen-bond acceptors (Lipinski definition) is 3. The van der Waals surface area contributed by atoms with Crippen molar-refractivity contribution in [2.24, 2.45) is 0 Å². The minimum atomic E-state index is -0.852. The number of hydrogen-bond donors (Lipinski definition) is 2. The van der Waals surface area contributed by atoms with Gasteiger partial charge < -0.3 is 15.2 Å². The Morgan fingerprint density at radius 1 is 1.64 bits per heavy atom. The number of alkyl halides is 1. The summed E-state index contributed by atoms with van der Waals surface area (Å²) in [6, 6.07) is -0.121. The minimum Gasteiger partial charge on any atom is -0.437 e. The first-order valence-electron chi connectivity index (χ1n) is 3.88. The molecule has 0 aliphatic carbocycles. The normalized spacial score (nSPS) is 32.7. The van der Waals surface area contributed by atoms with Crippen LogP contribution >= 0.6 is 0 Å². The van der Waals surface area contributed by atoms with Crippen molar-refractivity contribution in [2.45, 2.75) is 19.0 Å². The van der Waals surface area contributed by atoms with Gasteiger partial charge in [0.25, 0.3) is 0 Å². The molecule has 1 saturated heterocycles. The molecule has 2 N–H and O–H groups in total. The third kappa shape index (κ3) is 1.92. The Morgan fingerprint density at radius 2 is 2.27 bits per heavy atom. The highest BCUT2D eigenvalue weighted by Crippen LogP contribution is 2.13. The molecule has 1 fully saturated rings. The van der Waals surface area contributed by atoms with E-state index in [0.717, 1.165) is 0 Å². The molecule has 2 atom stereocenters. The molecule has 1 aliphatic rings. The topological polar surface area (TPSA) is 35.5 Å². The molecule has 0 radical (unpaired) electrons. The first-order chi connectivity index (χ1) is 5.15. The van der Waals surface area contributed by atoms with Gasteiger partial charge in [-0.25, -0.2) is 4.39 Å². The van der Waals surface area contributed by atoms with E-state index in [1.54, 1.807) is 18.7 Å². The van der Waals surface area contributed by atoms with Gasteiger partial charge in [0, 0.05) is 13.1 Å². The first kappa shape index (κ1) is 8.97. The van der Waals surface area contributed by atoms with E-state index in [1.807, 2.05) is 0 Å². The summed E-state index contributed by atoms with van der Waals surface area (Å²) in [5.74, 6) is 0. The van der Waals surface area contributed by atoms with E-state index in [0.29, 0.717) is 13.1 Å². The van der Waals surface area contributed by atoms with Crippen LogP contribution in [0.15, 0.2) is 0 Å². The number of likely N-dealkylation sites (N-methyl/N-ethyl adjacent to an activating group) is 1. The van der Waals surface area contributed by atoms with Gasteiger partial charge in [0.05, 0.1) is 6.04 Å². The van der Waals surface area contributed by atoms with Gasteiger partial charge in [-0.1, -0.05) is 0 Å². The zero-order valence-corrected chi connectivity index (χ0v) is 6.92. The molecule has 1 heterocycles. The van der Waals surface area contributed by atoms with Gasteiger partial charge >= 0.3 is 7.05 Å². The molecule has 0 aromatic heterocycles. The van der Waals surface area contributed by atoms with Crippen molar-refractivity contribution in [2.75, 3.05) is 20.1 Å². The molecule has 0 aromatic rings. The van der Waals surface area contributed by atoms with Crippen LogP contribution in [0.25, 0.3) is 0 Å². The van der Waals surface area contributed by atoms with Crippen molar-refractivity contribution >= 4 is 7.05 Å². The van der Waals surface area contributed by atoms with Crippen LogP contribution in [0.1, 0.15) is 0 Å². The van der Waals surface area contributed by atoms with E-state index in [2.05, 4.69) is 5.32 Å². The van der Waals surface area contributed by atoms with E-state index in [4.69, 9.17) is 5.02 Å². The second-order valence-corrected chi connectivity index (χ2v) is 3.00. The quantitative estimate of drug-likeness (QED) is 0.526. The molecule has 0 aromatic carbocycles. The third-order valence-electron chi connectivity index (χ3n) is 2.18. The highest BCUT2D eigenvalue weighted by molar-refractivity contribution is 6.45. The van der Waals surface area contributed by atoms with Crippen LogP contribution in [0.3, 0.4) is 0 Å². The molecule has 0 amide bonds. The van der Waals surface area contributed by atoms with Gasteiger partial charge in [0.2, 0.25) is 0 Å². The lowest BCUT2D eigenvalue weighted by atomic mass is 9.86. The second kappa shape index (κ2) is 3.52. The summed E-state index contributed by atoms with van der Waals surface area (Å²) in [5, 5.41) is 12.0. The van der Waals surface area contributed by atoms with Crippen LogP contribution in [-0.4, -0.2) is 49.2 Å². The molecule has 5 heteroatoms. The van der Waals surface area contributed by atoms with Crippen LogP contribution in [-0.2, 0) is 0 Å². The third-order valence-corrected chi connectivity index (χ3v) is 2.18. The lowest BCUT2D eigenvalue weighted by molar-refractivity contribution is 0.301. The van der Waals surface area contributed by atoms with Crippen molar-refractivity contribution < 1.29 is 9.41 Å². The molecule has 0 spiro atoms. The smallest absolute Gasteiger partial charge is 0.376 e. The van der Waals surface area contributed by atoms with Crippen LogP contribution in [0, 0.1) is 0 Å². The van der Waals surface area contributed by atoms with E-state index in [-0.39, 0.29) is 6.04 Å². The fourth-order valence-corrected chi connectivity index (χ4v) is 1.37. The van der Waals surface area contributed by atoms with Crippen molar-refractivity contribution in [3.05, 3.63) is 0 Å². The summed E-state index contributed by atoms with van der Waals surface area (Å²) in [6.07, 6.45) is -0.852. The zero-order chi connectivity index (χ0) is 8.43. The predicted molar refractivity (Wildman–Crippen MR) is 43.2 cm³/mol. The molecule has 11 heavy (non-hydrogen) atoms. The Balaban J connectivity index is 2.43. The van der Waals surface area contributed by atoms with Gasteiger partial charge in [0.1, 0.15) is 6.17 Å². The number of nitrogens with one attached hydrogen (secondary N) is 1. The monoisotopic (exact) mass is 160 g/mol. The van der Waals surface area contributed by atoms with Crippen LogP contribution in [0.4, 0.5) is 4.39 Å². The molecular weight excluding hydrogens is 146 g/mol. The lowest BCUT2D eigenvalue weighted by Crippen LogP contribution is -2.38. The zero-order valence-electron chi connectivity index (χ0n) is 6.92. The van der Waals surface area contributed by atoms with Gasteiger partial charge in [0.15, 0.2) is 0 Å². The minimum absolute atomic E-state index is 0.121. The molecule has 3 nitrogen and oxygen atoms in total. The molecule has 0 bridgehead atoms. The van der Waals surface area contributed by atoms with Gasteiger partial charge in [-0.05, 0) is 13.9 Å². The summed E-state index contributed by atoms with van der Waals surface area (Å²) in [6.45, 7) is 2.59. The number of rotatable bonds is 2. The molecular formula is C6H14BFN2O. The highest BCUT2D eigenvalue weighted by atomic mass is 19.1. The van der Waals surface area contributed by atoms with Crippen molar-refractivity contribution in [1.29, 1.82) is 0 Å². The fourth-order valence-electron chi connectivity index (χ4n) is 1.37. The Hall–Kier alpha value is -0.125. The Kier molecular flexibility index (Phi) is 2.87. The molecule has 0 unspecified atom stereocenters. The van der Waals surface area contributed by atoms with Crippen molar-refractivity contribution in [3.63, 3.8) is 0 Å². The van der Waals surface area contributed by atoms with Gasteiger partial charge in [-0.3, -0.25) is 0 Å². The van der Waals surface area contributed by atoms with Crippen LogP contribution in [0.5, 0.6) is 0 Å². The summed E-state index contributed by atoms with van der Waals surface area (Å²) < 4.78 is 13.0. The summed E-state index contributed by atoms with van der Waals surface area (Å²) in [5.41, 5.74) is 0. The van der Waals surface area contributed by atoms with E-state index >= 15 is 0 Å².